The van der Waals surface area contributed by atoms with Crippen LogP contribution in [0.5, 0.6) is 5.75 Å². The average molecular weight is 235 g/mol. The minimum atomic E-state index is -0.413. The van der Waals surface area contributed by atoms with Crippen LogP contribution in [0.3, 0.4) is 0 Å². The van der Waals surface area contributed by atoms with Gasteiger partial charge in [-0.1, -0.05) is 18.2 Å². The first kappa shape index (κ1) is 13.0. The van der Waals surface area contributed by atoms with Gasteiger partial charge in [0.1, 0.15) is 11.6 Å². The van der Waals surface area contributed by atoms with E-state index < -0.39 is 5.82 Å². The number of nitrogens with one attached hydrogen (secondary N) is 1. The van der Waals surface area contributed by atoms with Crippen molar-refractivity contribution in [3.05, 3.63) is 48.3 Å². The Labute approximate surface area is 99.6 Å². The third kappa shape index (κ3) is 4.10. The summed E-state index contributed by atoms with van der Waals surface area (Å²) in [5, 5.41) is 2.60. The molecule has 0 unspecified atom stereocenters. The topological polar surface area (TPSA) is 38.3 Å². The molecule has 1 rings (SSSR count). The van der Waals surface area contributed by atoms with E-state index in [9.17, 15) is 9.18 Å². The van der Waals surface area contributed by atoms with Gasteiger partial charge in [-0.25, -0.2) is 4.39 Å². The number of carbonyl (C=O) groups is 1. The molecule has 1 aromatic carbocycles. The van der Waals surface area contributed by atoms with Crippen LogP contribution in [0.4, 0.5) is 10.1 Å². The molecule has 0 radical (unpaired) electrons. The van der Waals surface area contributed by atoms with E-state index in [1.807, 2.05) is 13.0 Å². The van der Waals surface area contributed by atoms with Crippen LogP contribution in [0.1, 0.15) is 6.92 Å². The number of methoxy groups -OCH3 is 1. The smallest absolute Gasteiger partial charge is 0.248 e. The molecule has 0 bridgehead atoms. The summed E-state index contributed by atoms with van der Waals surface area (Å²) in [6.45, 7) is 1.85. The molecule has 0 aliphatic rings. The van der Waals surface area contributed by atoms with Gasteiger partial charge in [0.25, 0.3) is 0 Å². The lowest BCUT2D eigenvalue weighted by atomic mass is 10.2. The molecule has 0 aliphatic carbocycles. The Balaban J connectivity index is 2.77. The summed E-state index contributed by atoms with van der Waals surface area (Å²) in [5.74, 6) is -0.421. The first-order chi connectivity index (χ1) is 8.17. The van der Waals surface area contributed by atoms with Gasteiger partial charge >= 0.3 is 0 Å². The molecular formula is C13H14FNO2. The predicted octanol–water partition coefficient (Wildman–Crippen LogP) is 2.91. The highest BCUT2D eigenvalue weighted by molar-refractivity contribution is 6.00. The molecule has 90 valence electrons. The summed E-state index contributed by atoms with van der Waals surface area (Å²) in [6, 6.07) is 3.93. The van der Waals surface area contributed by atoms with E-state index in [4.69, 9.17) is 4.74 Å². The Morgan fingerprint density at radius 3 is 2.82 bits per heavy atom. The van der Waals surface area contributed by atoms with Crippen LogP contribution in [0.15, 0.2) is 42.5 Å². The Morgan fingerprint density at radius 2 is 2.18 bits per heavy atom. The second kappa shape index (κ2) is 6.48. The van der Waals surface area contributed by atoms with E-state index in [0.29, 0.717) is 5.69 Å². The molecule has 0 fully saturated rings. The van der Waals surface area contributed by atoms with Crippen LogP contribution in [0, 0.1) is 5.82 Å². The van der Waals surface area contributed by atoms with Crippen LogP contribution < -0.4 is 10.1 Å². The molecule has 0 saturated heterocycles. The molecule has 0 spiro atoms. The number of rotatable bonds is 4. The van der Waals surface area contributed by atoms with Crippen LogP contribution >= 0.6 is 0 Å². The number of carbonyl (C=O) groups excluding carboxylic acids is 1. The van der Waals surface area contributed by atoms with E-state index in [1.54, 1.807) is 12.2 Å². The minimum absolute atomic E-state index is 0.290. The van der Waals surface area contributed by atoms with Gasteiger partial charge in [-0.15, -0.1) is 0 Å². The van der Waals surface area contributed by atoms with Crippen LogP contribution in [0.25, 0.3) is 0 Å². The Hall–Kier alpha value is -2.10. The number of ether oxygens (including phenoxy) is 1. The monoisotopic (exact) mass is 235 g/mol. The number of halogens is 1. The van der Waals surface area contributed by atoms with Crippen LogP contribution in [-0.4, -0.2) is 13.0 Å². The van der Waals surface area contributed by atoms with Crippen molar-refractivity contribution in [3.63, 3.8) is 0 Å². The van der Waals surface area contributed by atoms with Gasteiger partial charge in [-0.2, -0.15) is 0 Å². The van der Waals surface area contributed by atoms with Crippen molar-refractivity contribution in [1.82, 2.24) is 0 Å². The van der Waals surface area contributed by atoms with E-state index in [1.165, 1.54) is 31.4 Å². The van der Waals surface area contributed by atoms with Gasteiger partial charge in [-0.3, -0.25) is 4.79 Å². The van der Waals surface area contributed by atoms with Gasteiger partial charge in [-0.05, 0) is 19.1 Å². The summed E-state index contributed by atoms with van der Waals surface area (Å²) >= 11 is 0. The number of anilines is 1. The number of allylic oxidation sites excluding steroid dienone is 3. The SMILES string of the molecule is C/C=C/C=C\C(=O)Nc1ccc(F)cc1OC. The number of benzene rings is 1. The lowest BCUT2D eigenvalue weighted by molar-refractivity contribution is -0.111. The molecule has 4 heteroatoms. The molecule has 0 aliphatic heterocycles. The Kier molecular flexibility index (Phi) is 4.94. The number of hydrogen-bond acceptors (Lipinski definition) is 2. The van der Waals surface area contributed by atoms with E-state index >= 15 is 0 Å². The Morgan fingerprint density at radius 1 is 1.41 bits per heavy atom. The summed E-state index contributed by atoms with van der Waals surface area (Å²) < 4.78 is 17.9. The quantitative estimate of drug-likeness (QED) is 0.643. The first-order valence-electron chi connectivity index (χ1n) is 5.11. The maximum absolute atomic E-state index is 12.9. The average Bonchev–Trinajstić information content (AvgIpc) is 2.32. The highest BCUT2D eigenvalue weighted by Crippen LogP contribution is 2.24. The first-order valence-corrected chi connectivity index (χ1v) is 5.11. The summed E-state index contributed by atoms with van der Waals surface area (Å²) in [5.41, 5.74) is 0.434. The fraction of sp³-hybridized carbons (Fsp3) is 0.154. The molecule has 0 heterocycles. The van der Waals surface area contributed by atoms with Crippen molar-refractivity contribution in [1.29, 1.82) is 0 Å². The fourth-order valence-corrected chi connectivity index (χ4v) is 1.20. The molecule has 1 amide bonds. The zero-order chi connectivity index (χ0) is 12.7. The van der Waals surface area contributed by atoms with Crippen molar-refractivity contribution in [2.24, 2.45) is 0 Å². The van der Waals surface area contributed by atoms with Crippen molar-refractivity contribution < 1.29 is 13.9 Å². The van der Waals surface area contributed by atoms with Crippen molar-refractivity contribution >= 4 is 11.6 Å². The summed E-state index contributed by atoms with van der Waals surface area (Å²) in [6.07, 6.45) is 6.54. The highest BCUT2D eigenvalue weighted by Gasteiger charge is 2.06. The predicted molar refractivity (Wildman–Crippen MR) is 65.5 cm³/mol. The van der Waals surface area contributed by atoms with E-state index in [-0.39, 0.29) is 11.7 Å². The van der Waals surface area contributed by atoms with Gasteiger partial charge in [0.2, 0.25) is 5.91 Å². The van der Waals surface area contributed by atoms with Crippen LogP contribution in [0.2, 0.25) is 0 Å². The second-order valence-electron chi connectivity index (χ2n) is 3.22. The minimum Gasteiger partial charge on any atom is -0.494 e. The fourth-order valence-electron chi connectivity index (χ4n) is 1.20. The number of amides is 1. The molecule has 1 N–H and O–H groups in total. The molecular weight excluding hydrogens is 221 g/mol. The molecule has 0 atom stereocenters. The zero-order valence-corrected chi connectivity index (χ0v) is 9.74. The lowest BCUT2D eigenvalue weighted by Crippen LogP contribution is -2.08. The van der Waals surface area contributed by atoms with Crippen molar-refractivity contribution in [2.45, 2.75) is 6.92 Å². The molecule has 3 nitrogen and oxygen atoms in total. The Bertz CT molecular complexity index is 453. The zero-order valence-electron chi connectivity index (χ0n) is 9.74. The largest absolute Gasteiger partial charge is 0.494 e. The van der Waals surface area contributed by atoms with Gasteiger partial charge in [0.05, 0.1) is 12.8 Å². The lowest BCUT2D eigenvalue weighted by Gasteiger charge is -2.08. The van der Waals surface area contributed by atoms with Gasteiger partial charge < -0.3 is 10.1 Å². The molecule has 17 heavy (non-hydrogen) atoms. The van der Waals surface area contributed by atoms with Crippen molar-refractivity contribution in [2.75, 3.05) is 12.4 Å². The van der Waals surface area contributed by atoms with Crippen LogP contribution in [-0.2, 0) is 4.79 Å². The highest BCUT2D eigenvalue weighted by atomic mass is 19.1. The molecule has 1 aromatic rings. The molecule has 0 aromatic heterocycles. The second-order valence-corrected chi connectivity index (χ2v) is 3.22. The molecule has 0 saturated carbocycles. The third-order valence-corrected chi connectivity index (χ3v) is 1.97. The summed E-state index contributed by atoms with van der Waals surface area (Å²) in [7, 11) is 1.42. The summed E-state index contributed by atoms with van der Waals surface area (Å²) in [4.78, 5) is 11.5. The number of hydrogen-bond donors (Lipinski definition) is 1. The normalized spacial score (nSPS) is 11.0. The van der Waals surface area contributed by atoms with Gasteiger partial charge in [0.15, 0.2) is 0 Å². The third-order valence-electron chi connectivity index (χ3n) is 1.97. The standard InChI is InChI=1S/C13H14FNO2/c1-3-4-5-6-13(16)15-11-8-7-10(14)9-12(11)17-2/h3-9H,1-2H3,(H,15,16)/b4-3+,6-5-. The van der Waals surface area contributed by atoms with E-state index in [0.717, 1.165) is 0 Å². The maximum Gasteiger partial charge on any atom is 0.248 e. The van der Waals surface area contributed by atoms with Crippen molar-refractivity contribution in [3.8, 4) is 5.75 Å². The van der Waals surface area contributed by atoms with E-state index in [2.05, 4.69) is 5.32 Å². The maximum atomic E-state index is 12.9. The van der Waals surface area contributed by atoms with Gasteiger partial charge in [0, 0.05) is 12.1 Å².